The van der Waals surface area contributed by atoms with Gasteiger partial charge in [-0.05, 0) is 49.9 Å². The lowest BCUT2D eigenvalue weighted by Gasteiger charge is -2.30. The molecule has 2 nitrogen and oxygen atoms in total. The Morgan fingerprint density at radius 3 is 2.78 bits per heavy atom. The Kier molecular flexibility index (Phi) is 4.28. The second-order valence-corrected chi connectivity index (χ2v) is 5.87. The number of nitrogens with zero attached hydrogens (tertiary/aromatic N) is 1. The summed E-state index contributed by atoms with van der Waals surface area (Å²) in [6.07, 6.45) is 2.48. The van der Waals surface area contributed by atoms with E-state index in [-0.39, 0.29) is 0 Å². The number of nitrogens with one attached hydrogen (secondary N) is 1. The maximum absolute atomic E-state index is 3.51. The van der Waals surface area contributed by atoms with Crippen molar-refractivity contribution in [2.75, 3.05) is 18.9 Å². The van der Waals surface area contributed by atoms with Crippen molar-refractivity contribution in [1.82, 2.24) is 4.90 Å². The van der Waals surface area contributed by atoms with Crippen LogP contribution < -0.4 is 5.32 Å². The zero-order valence-electron chi connectivity index (χ0n) is 12.2. The molecule has 0 fully saturated rings. The third kappa shape index (κ3) is 2.86. The van der Waals surface area contributed by atoms with E-state index in [0.29, 0.717) is 12.0 Å². The number of rotatable bonds is 4. The topological polar surface area (TPSA) is 15.3 Å². The summed E-state index contributed by atoms with van der Waals surface area (Å²) in [5.41, 5.74) is 4.38. The van der Waals surface area contributed by atoms with Crippen LogP contribution in [0.25, 0.3) is 0 Å². The fourth-order valence-corrected chi connectivity index (χ4v) is 2.65. The van der Waals surface area contributed by atoms with E-state index in [4.69, 9.17) is 0 Å². The van der Waals surface area contributed by atoms with E-state index < -0.39 is 0 Å². The molecule has 0 saturated heterocycles. The summed E-state index contributed by atoms with van der Waals surface area (Å²) in [5, 5.41) is 3.51. The molecule has 1 aliphatic heterocycles. The van der Waals surface area contributed by atoms with Gasteiger partial charge in [0.1, 0.15) is 0 Å². The van der Waals surface area contributed by atoms with Gasteiger partial charge in [-0.2, -0.15) is 0 Å². The smallest absolute Gasteiger partial charge is 0.0375 e. The molecule has 18 heavy (non-hydrogen) atoms. The monoisotopic (exact) mass is 246 g/mol. The van der Waals surface area contributed by atoms with Gasteiger partial charge in [0.25, 0.3) is 0 Å². The normalized spacial score (nSPS) is 16.6. The van der Waals surface area contributed by atoms with Crippen molar-refractivity contribution >= 4 is 5.69 Å². The van der Waals surface area contributed by atoms with Gasteiger partial charge in [-0.1, -0.05) is 26.0 Å². The van der Waals surface area contributed by atoms with Crippen molar-refractivity contribution in [3.05, 3.63) is 29.3 Å². The highest BCUT2D eigenvalue weighted by Gasteiger charge is 2.17. The standard InChI is InChI=1S/C16H26N2/c1-12(2)13(3)18(4)11-14-7-5-9-16-15(14)8-6-10-17-16/h5,7,9,12-13,17H,6,8,10-11H2,1-4H3. The van der Waals surface area contributed by atoms with Gasteiger partial charge in [0.2, 0.25) is 0 Å². The van der Waals surface area contributed by atoms with E-state index in [1.54, 1.807) is 0 Å². The number of hydrogen-bond donors (Lipinski definition) is 1. The van der Waals surface area contributed by atoms with Crippen molar-refractivity contribution in [2.24, 2.45) is 5.92 Å². The molecule has 0 radical (unpaired) electrons. The molecule has 100 valence electrons. The number of fused-ring (bicyclic) bond motifs is 1. The van der Waals surface area contributed by atoms with Gasteiger partial charge in [0.05, 0.1) is 0 Å². The largest absolute Gasteiger partial charge is 0.385 e. The van der Waals surface area contributed by atoms with Crippen LogP contribution in [0.15, 0.2) is 18.2 Å². The maximum Gasteiger partial charge on any atom is 0.0375 e. The molecule has 0 aromatic heterocycles. The molecule has 1 heterocycles. The van der Waals surface area contributed by atoms with Crippen LogP contribution >= 0.6 is 0 Å². The molecule has 1 aromatic carbocycles. The Bertz CT molecular complexity index is 398. The first kappa shape index (κ1) is 13.4. The first-order valence-electron chi connectivity index (χ1n) is 7.14. The molecule has 0 aliphatic carbocycles. The van der Waals surface area contributed by atoms with Crippen molar-refractivity contribution < 1.29 is 0 Å². The fourth-order valence-electron chi connectivity index (χ4n) is 2.65. The highest BCUT2D eigenvalue weighted by Crippen LogP contribution is 2.26. The minimum atomic E-state index is 0.623. The minimum absolute atomic E-state index is 0.623. The van der Waals surface area contributed by atoms with Crippen LogP contribution in [-0.2, 0) is 13.0 Å². The highest BCUT2D eigenvalue weighted by atomic mass is 15.1. The first-order chi connectivity index (χ1) is 8.59. The summed E-state index contributed by atoms with van der Waals surface area (Å²) in [6.45, 7) is 9.09. The zero-order chi connectivity index (χ0) is 13.1. The quantitative estimate of drug-likeness (QED) is 0.874. The molecular weight excluding hydrogens is 220 g/mol. The summed E-state index contributed by atoms with van der Waals surface area (Å²) in [4.78, 5) is 2.47. The van der Waals surface area contributed by atoms with Gasteiger partial charge in [-0.3, -0.25) is 4.90 Å². The van der Waals surface area contributed by atoms with Gasteiger partial charge in [0, 0.05) is 24.8 Å². The molecule has 1 aliphatic rings. The fraction of sp³-hybridized carbons (Fsp3) is 0.625. The second-order valence-electron chi connectivity index (χ2n) is 5.87. The molecule has 1 aromatic rings. The minimum Gasteiger partial charge on any atom is -0.385 e. The van der Waals surface area contributed by atoms with Crippen LogP contribution in [0, 0.1) is 5.92 Å². The van der Waals surface area contributed by atoms with Crippen LogP contribution in [0.4, 0.5) is 5.69 Å². The predicted molar refractivity (Wildman–Crippen MR) is 79.0 cm³/mol. The van der Waals surface area contributed by atoms with E-state index in [2.05, 4.69) is 56.2 Å². The summed E-state index contributed by atoms with van der Waals surface area (Å²) < 4.78 is 0. The molecular formula is C16H26N2. The average molecular weight is 246 g/mol. The summed E-state index contributed by atoms with van der Waals surface area (Å²) in [6, 6.07) is 7.30. The lowest BCUT2D eigenvalue weighted by atomic mass is 9.96. The summed E-state index contributed by atoms with van der Waals surface area (Å²) in [5.74, 6) is 0.702. The van der Waals surface area contributed by atoms with Gasteiger partial charge in [-0.15, -0.1) is 0 Å². The number of anilines is 1. The lowest BCUT2D eigenvalue weighted by molar-refractivity contribution is 0.200. The zero-order valence-corrected chi connectivity index (χ0v) is 12.2. The van der Waals surface area contributed by atoms with Crippen molar-refractivity contribution in [2.45, 2.75) is 46.2 Å². The van der Waals surface area contributed by atoms with Crippen molar-refractivity contribution in [3.63, 3.8) is 0 Å². The Morgan fingerprint density at radius 2 is 2.06 bits per heavy atom. The second kappa shape index (κ2) is 5.75. The van der Waals surface area contributed by atoms with Gasteiger partial charge >= 0.3 is 0 Å². The molecule has 1 atom stereocenters. The molecule has 1 N–H and O–H groups in total. The van der Waals surface area contributed by atoms with E-state index in [9.17, 15) is 0 Å². The molecule has 2 heteroatoms. The Labute approximate surface area is 111 Å². The van der Waals surface area contributed by atoms with E-state index in [0.717, 1.165) is 13.1 Å². The molecule has 0 spiro atoms. The average Bonchev–Trinajstić information content (AvgIpc) is 2.38. The summed E-state index contributed by atoms with van der Waals surface area (Å²) >= 11 is 0. The SMILES string of the molecule is CC(C)C(C)N(C)Cc1cccc2c1CCCN2. The third-order valence-electron chi connectivity index (χ3n) is 4.27. The van der Waals surface area contributed by atoms with E-state index in [1.807, 2.05) is 0 Å². The van der Waals surface area contributed by atoms with Crippen molar-refractivity contribution in [1.29, 1.82) is 0 Å². The molecule has 1 unspecified atom stereocenters. The van der Waals surface area contributed by atoms with Crippen LogP contribution in [0.3, 0.4) is 0 Å². The number of benzene rings is 1. The summed E-state index contributed by atoms with van der Waals surface area (Å²) in [7, 11) is 2.24. The molecule has 0 bridgehead atoms. The van der Waals surface area contributed by atoms with Crippen molar-refractivity contribution in [3.8, 4) is 0 Å². The molecule has 2 rings (SSSR count). The predicted octanol–water partition coefficient (Wildman–Crippen LogP) is 3.52. The van der Waals surface area contributed by atoms with Crippen LogP contribution in [0.1, 0.15) is 38.3 Å². The van der Waals surface area contributed by atoms with Gasteiger partial charge in [0.15, 0.2) is 0 Å². The molecule has 0 saturated carbocycles. The molecule has 0 amide bonds. The number of hydrogen-bond acceptors (Lipinski definition) is 2. The van der Waals surface area contributed by atoms with Crippen LogP contribution in [0.2, 0.25) is 0 Å². The first-order valence-corrected chi connectivity index (χ1v) is 7.14. The van der Waals surface area contributed by atoms with Gasteiger partial charge in [-0.25, -0.2) is 0 Å². The Balaban J connectivity index is 2.14. The van der Waals surface area contributed by atoms with Gasteiger partial charge < -0.3 is 5.32 Å². The van der Waals surface area contributed by atoms with Crippen LogP contribution in [-0.4, -0.2) is 24.5 Å². The van der Waals surface area contributed by atoms with E-state index in [1.165, 1.54) is 29.7 Å². The maximum atomic E-state index is 3.51. The van der Waals surface area contributed by atoms with Crippen LogP contribution in [0.5, 0.6) is 0 Å². The van der Waals surface area contributed by atoms with E-state index >= 15 is 0 Å². The highest BCUT2D eigenvalue weighted by molar-refractivity contribution is 5.56. The lowest BCUT2D eigenvalue weighted by Crippen LogP contribution is -2.33. The Morgan fingerprint density at radius 1 is 1.28 bits per heavy atom. The third-order valence-corrected chi connectivity index (χ3v) is 4.27. The Hall–Kier alpha value is -1.02.